The number of alkyl halides is 1. The van der Waals surface area contributed by atoms with Gasteiger partial charge in [0.05, 0.1) is 17.8 Å². The molecule has 3 aromatic heterocycles. The summed E-state index contributed by atoms with van der Waals surface area (Å²) in [7, 11) is 0. The molecule has 1 saturated carbocycles. The van der Waals surface area contributed by atoms with E-state index in [2.05, 4.69) is 25.3 Å². The molecule has 0 radical (unpaired) electrons. The van der Waals surface area contributed by atoms with Crippen molar-refractivity contribution in [2.75, 3.05) is 11.9 Å². The Balaban J connectivity index is 1.61. The van der Waals surface area contributed by atoms with Crippen LogP contribution in [0.1, 0.15) is 25.7 Å². The number of halogens is 3. The van der Waals surface area contributed by atoms with Gasteiger partial charge in [0.25, 0.3) is 0 Å². The average molecular weight is 424 g/mol. The second-order valence-electron chi connectivity index (χ2n) is 7.33. The van der Waals surface area contributed by atoms with Crippen molar-refractivity contribution in [2.24, 2.45) is 0 Å². The fraction of sp³-hybridized carbons (Fsp3) is 0.421. The summed E-state index contributed by atoms with van der Waals surface area (Å²) in [5.74, 6) is -0.417. The van der Waals surface area contributed by atoms with Crippen molar-refractivity contribution >= 4 is 28.5 Å². The zero-order valence-corrected chi connectivity index (χ0v) is 16.1. The summed E-state index contributed by atoms with van der Waals surface area (Å²) >= 11 is 6.02. The number of hydrogen-bond acceptors (Lipinski definition) is 6. The van der Waals surface area contributed by atoms with E-state index in [1.54, 1.807) is 12.3 Å². The van der Waals surface area contributed by atoms with Crippen molar-refractivity contribution in [1.29, 1.82) is 0 Å². The number of nitrogens with zero attached hydrogens (tertiary/aromatic N) is 3. The summed E-state index contributed by atoms with van der Waals surface area (Å²) in [6.45, 7) is -0.758. The third-order valence-corrected chi connectivity index (χ3v) is 5.54. The first-order chi connectivity index (χ1) is 13.9. The Morgan fingerprint density at radius 2 is 2.21 bits per heavy atom. The lowest BCUT2D eigenvalue weighted by atomic mass is 9.79. The van der Waals surface area contributed by atoms with Crippen molar-refractivity contribution in [1.82, 2.24) is 19.9 Å². The van der Waals surface area contributed by atoms with Crippen LogP contribution in [0.5, 0.6) is 0 Å². The van der Waals surface area contributed by atoms with Crippen molar-refractivity contribution in [3.05, 3.63) is 35.5 Å². The Morgan fingerprint density at radius 1 is 1.38 bits per heavy atom. The lowest BCUT2D eigenvalue weighted by Gasteiger charge is -2.38. The molecule has 10 heteroatoms. The minimum absolute atomic E-state index is 0.0343. The Hall–Kier alpha value is -2.36. The van der Waals surface area contributed by atoms with Crippen molar-refractivity contribution in [3.8, 4) is 11.4 Å². The molecule has 29 heavy (non-hydrogen) atoms. The molecule has 3 aromatic rings. The second-order valence-corrected chi connectivity index (χ2v) is 7.77. The number of nitrogens with one attached hydrogen (secondary N) is 2. The topological polar surface area (TPSA) is 107 Å². The van der Waals surface area contributed by atoms with Crippen LogP contribution in [0.3, 0.4) is 0 Å². The van der Waals surface area contributed by atoms with Crippen LogP contribution < -0.4 is 5.32 Å². The number of aromatic nitrogens is 4. The zero-order valence-electron chi connectivity index (χ0n) is 15.4. The van der Waals surface area contributed by atoms with Crippen LogP contribution in [0.4, 0.5) is 14.6 Å². The Kier molecular flexibility index (Phi) is 5.37. The third-order valence-electron chi connectivity index (χ3n) is 5.33. The van der Waals surface area contributed by atoms with E-state index in [1.807, 2.05) is 0 Å². The lowest BCUT2D eigenvalue weighted by Crippen LogP contribution is -2.48. The number of H-pyrrole nitrogens is 1. The van der Waals surface area contributed by atoms with Gasteiger partial charge in [0, 0.05) is 29.4 Å². The highest BCUT2D eigenvalue weighted by molar-refractivity contribution is 6.31. The summed E-state index contributed by atoms with van der Waals surface area (Å²) in [5.41, 5.74) is -0.430. The normalized spacial score (nSPS) is 23.3. The molecular formula is C19H20ClF2N5O2. The quantitative estimate of drug-likeness (QED) is 0.502. The van der Waals surface area contributed by atoms with E-state index in [1.165, 1.54) is 6.20 Å². The monoisotopic (exact) mass is 423 g/mol. The predicted octanol–water partition coefficient (Wildman–Crippen LogP) is 3.23. The number of aliphatic hydroxyl groups excluding tert-OH is 1. The first-order valence-electron chi connectivity index (χ1n) is 9.29. The number of hydrogen-bond donors (Lipinski definition) is 4. The van der Waals surface area contributed by atoms with Crippen molar-refractivity contribution in [3.63, 3.8) is 0 Å². The van der Waals surface area contributed by atoms with Gasteiger partial charge in [0.15, 0.2) is 23.6 Å². The summed E-state index contributed by atoms with van der Waals surface area (Å²) in [6.07, 6.45) is 3.93. The highest BCUT2D eigenvalue weighted by atomic mass is 35.5. The van der Waals surface area contributed by atoms with E-state index in [0.29, 0.717) is 34.5 Å². The molecule has 1 aliphatic rings. The number of aromatic amines is 1. The van der Waals surface area contributed by atoms with Gasteiger partial charge >= 0.3 is 0 Å². The van der Waals surface area contributed by atoms with Crippen LogP contribution in [0.15, 0.2) is 24.7 Å². The molecule has 1 aliphatic carbocycles. The maximum absolute atomic E-state index is 14.4. The van der Waals surface area contributed by atoms with Gasteiger partial charge in [-0.15, -0.1) is 0 Å². The lowest BCUT2D eigenvalue weighted by molar-refractivity contribution is -0.0812. The second kappa shape index (κ2) is 7.81. The molecule has 0 saturated heterocycles. The van der Waals surface area contributed by atoms with Gasteiger partial charge < -0.3 is 20.5 Å². The molecule has 4 N–H and O–H groups in total. The average Bonchev–Trinajstić information content (AvgIpc) is 3.12. The number of fused-ring (bicyclic) bond motifs is 1. The SMILES string of the molecule is OCC(F)[C@]1(O)CCC[C@H](Nc2nc(-c3c[nH]c4ncc(Cl)cc34)ncc2F)C1. The van der Waals surface area contributed by atoms with Gasteiger partial charge in [0.1, 0.15) is 11.2 Å². The van der Waals surface area contributed by atoms with Crippen LogP contribution in [-0.4, -0.2) is 54.6 Å². The maximum atomic E-state index is 14.4. The van der Waals surface area contributed by atoms with E-state index in [0.717, 1.165) is 6.20 Å². The Bertz CT molecular complexity index is 1030. The fourth-order valence-electron chi connectivity index (χ4n) is 3.82. The van der Waals surface area contributed by atoms with E-state index in [-0.39, 0.29) is 24.5 Å². The smallest absolute Gasteiger partial charge is 0.183 e. The van der Waals surface area contributed by atoms with Crippen LogP contribution in [-0.2, 0) is 0 Å². The third kappa shape index (κ3) is 3.90. The van der Waals surface area contributed by atoms with Crippen LogP contribution in [0.25, 0.3) is 22.4 Å². The molecule has 0 aromatic carbocycles. The van der Waals surface area contributed by atoms with Crippen molar-refractivity contribution < 1.29 is 19.0 Å². The molecule has 0 aliphatic heterocycles. The number of pyridine rings is 1. The van der Waals surface area contributed by atoms with E-state index in [4.69, 9.17) is 16.7 Å². The summed E-state index contributed by atoms with van der Waals surface area (Å²) in [4.78, 5) is 15.5. The van der Waals surface area contributed by atoms with Gasteiger partial charge in [-0.2, -0.15) is 0 Å². The molecule has 1 fully saturated rings. The minimum Gasteiger partial charge on any atom is -0.393 e. The van der Waals surface area contributed by atoms with Crippen LogP contribution in [0.2, 0.25) is 5.02 Å². The number of anilines is 1. The Labute approximate surface area is 170 Å². The van der Waals surface area contributed by atoms with Crippen LogP contribution >= 0.6 is 11.6 Å². The van der Waals surface area contributed by atoms with Gasteiger partial charge in [-0.1, -0.05) is 11.6 Å². The number of rotatable bonds is 5. The first kappa shape index (κ1) is 19.9. The Morgan fingerprint density at radius 3 is 3.00 bits per heavy atom. The number of aliphatic hydroxyl groups is 2. The predicted molar refractivity (Wildman–Crippen MR) is 105 cm³/mol. The fourth-order valence-corrected chi connectivity index (χ4v) is 3.98. The highest BCUT2D eigenvalue weighted by Gasteiger charge is 2.41. The van der Waals surface area contributed by atoms with Crippen LogP contribution in [0, 0.1) is 5.82 Å². The van der Waals surface area contributed by atoms with Gasteiger partial charge in [-0.3, -0.25) is 0 Å². The van der Waals surface area contributed by atoms with Crippen molar-refractivity contribution in [2.45, 2.75) is 43.5 Å². The zero-order chi connectivity index (χ0) is 20.6. The molecule has 0 spiro atoms. The molecule has 0 bridgehead atoms. The maximum Gasteiger partial charge on any atom is 0.183 e. The molecule has 1 unspecified atom stereocenters. The first-order valence-corrected chi connectivity index (χ1v) is 9.67. The summed E-state index contributed by atoms with van der Waals surface area (Å²) < 4.78 is 28.3. The summed E-state index contributed by atoms with van der Waals surface area (Å²) in [6, 6.07) is 1.32. The molecule has 3 heterocycles. The largest absolute Gasteiger partial charge is 0.393 e. The highest BCUT2D eigenvalue weighted by Crippen LogP contribution is 2.35. The van der Waals surface area contributed by atoms with E-state index in [9.17, 15) is 13.9 Å². The molecule has 3 atom stereocenters. The molecule has 7 nitrogen and oxygen atoms in total. The molecule has 154 valence electrons. The summed E-state index contributed by atoms with van der Waals surface area (Å²) in [5, 5.41) is 23.7. The van der Waals surface area contributed by atoms with E-state index >= 15 is 0 Å². The molecular weight excluding hydrogens is 404 g/mol. The van der Waals surface area contributed by atoms with Gasteiger partial charge in [-0.05, 0) is 31.7 Å². The minimum atomic E-state index is -1.75. The standard InChI is InChI=1S/C19H20ClF2N5O2/c20-10-4-12-13(7-24-16(12)23-6-10)17-25-8-14(21)18(27-17)26-11-2-1-3-19(29,5-11)15(22)9-28/h4,6-8,11,15,28-29H,1-3,5,9H2,(H,23,24)(H,25,26,27)/t11-,15?,19-/m0/s1. The molecule has 0 amide bonds. The van der Waals surface area contributed by atoms with E-state index < -0.39 is 30.2 Å². The van der Waals surface area contributed by atoms with Gasteiger partial charge in [-0.25, -0.2) is 23.7 Å². The molecule has 4 rings (SSSR count). The van der Waals surface area contributed by atoms with Gasteiger partial charge in [0.2, 0.25) is 0 Å².